The van der Waals surface area contributed by atoms with Crippen molar-refractivity contribution in [2.24, 2.45) is 0 Å². The van der Waals surface area contributed by atoms with Gasteiger partial charge in [0.05, 0.1) is 5.60 Å². The van der Waals surface area contributed by atoms with Gasteiger partial charge in [0.15, 0.2) is 0 Å². The van der Waals surface area contributed by atoms with E-state index in [1.807, 2.05) is 14.1 Å². The van der Waals surface area contributed by atoms with Crippen LogP contribution < -0.4 is 14.9 Å². The van der Waals surface area contributed by atoms with Gasteiger partial charge in [0.25, 0.3) is 0 Å². The normalized spacial score (nSPS) is 13.7. The van der Waals surface area contributed by atoms with Gasteiger partial charge in [0, 0.05) is 0 Å². The maximum Gasteiger partial charge on any atom is 0.440 e. The molecule has 4 nitrogen and oxygen atoms in total. The van der Waals surface area contributed by atoms with Gasteiger partial charge in [-0.1, -0.05) is 13.8 Å². The highest BCUT2D eigenvalue weighted by Crippen LogP contribution is 2.11. The number of hydrogen-bond donors (Lipinski definition) is 3. The Bertz CT molecular complexity index is 164. The Morgan fingerprint density at radius 1 is 1.07 bits per heavy atom. The first-order chi connectivity index (χ1) is 6.24. The molecule has 3 N–H and O–H groups in total. The van der Waals surface area contributed by atoms with Gasteiger partial charge in [-0.05, 0) is 40.9 Å². The molecule has 0 aliphatic heterocycles. The van der Waals surface area contributed by atoms with Gasteiger partial charge < -0.3 is 4.43 Å². The lowest BCUT2D eigenvalue weighted by atomic mass is 10.2. The van der Waals surface area contributed by atoms with Crippen molar-refractivity contribution in [1.29, 1.82) is 0 Å². The zero-order valence-corrected chi connectivity index (χ0v) is 11.5. The van der Waals surface area contributed by atoms with Crippen LogP contribution in [0.15, 0.2) is 0 Å². The summed E-state index contributed by atoms with van der Waals surface area (Å²) in [5.41, 5.74) is -0.153. The highest BCUT2D eigenvalue weighted by molar-refractivity contribution is 6.66. The van der Waals surface area contributed by atoms with Crippen LogP contribution in [0.5, 0.6) is 0 Å². The molecule has 0 heterocycles. The predicted octanol–water partition coefficient (Wildman–Crippen LogP) is 0.674. The van der Waals surface area contributed by atoms with E-state index in [2.05, 4.69) is 49.6 Å². The van der Waals surface area contributed by atoms with Gasteiger partial charge in [-0.15, -0.1) is 0 Å². The van der Waals surface area contributed by atoms with Crippen LogP contribution in [-0.2, 0) is 4.43 Å². The minimum Gasteiger partial charge on any atom is -0.375 e. The van der Waals surface area contributed by atoms with Crippen LogP contribution in [0.1, 0.15) is 34.6 Å². The molecule has 0 atom stereocenters. The van der Waals surface area contributed by atoms with E-state index in [9.17, 15) is 0 Å². The lowest BCUT2D eigenvalue weighted by Gasteiger charge is -2.37. The molecule has 14 heavy (non-hydrogen) atoms. The van der Waals surface area contributed by atoms with E-state index in [1.165, 1.54) is 0 Å². The lowest BCUT2D eigenvalue weighted by Crippen LogP contribution is -2.75. The first kappa shape index (κ1) is 14.1. The van der Waals surface area contributed by atoms with Crippen molar-refractivity contribution in [3.63, 3.8) is 0 Å². The van der Waals surface area contributed by atoms with Crippen LogP contribution >= 0.6 is 0 Å². The zero-order chi connectivity index (χ0) is 11.4. The maximum absolute atomic E-state index is 6.04. The standard InChI is InChI=1S/C9H25N3OSi/c1-8(2)12-14(10-6,11-7)13-9(3,4)5/h8,10-12H,1-7H3. The van der Waals surface area contributed by atoms with Crippen molar-refractivity contribution in [3.05, 3.63) is 0 Å². The average Bonchev–Trinajstić information content (AvgIpc) is 1.99. The molecular weight excluding hydrogens is 194 g/mol. The fourth-order valence-electron chi connectivity index (χ4n) is 1.27. The van der Waals surface area contributed by atoms with Gasteiger partial charge in [-0.25, -0.2) is 0 Å². The summed E-state index contributed by atoms with van der Waals surface area (Å²) in [6.45, 7) is 10.4. The molecule has 0 saturated carbocycles. The second-order valence-corrected chi connectivity index (χ2v) is 7.55. The molecule has 0 bridgehead atoms. The van der Waals surface area contributed by atoms with Crippen LogP contribution in [0.2, 0.25) is 0 Å². The number of hydrogen-bond acceptors (Lipinski definition) is 4. The summed E-state index contributed by atoms with van der Waals surface area (Å²) >= 11 is 0. The summed E-state index contributed by atoms with van der Waals surface area (Å²) in [5.74, 6) is 0. The molecule has 0 aromatic heterocycles. The zero-order valence-electron chi connectivity index (χ0n) is 10.5. The van der Waals surface area contributed by atoms with Crippen LogP contribution in [0.3, 0.4) is 0 Å². The molecule has 86 valence electrons. The fourth-order valence-corrected chi connectivity index (χ4v) is 3.80. The van der Waals surface area contributed by atoms with Crippen molar-refractivity contribution < 1.29 is 4.43 Å². The van der Waals surface area contributed by atoms with Crippen molar-refractivity contribution in [2.45, 2.75) is 46.3 Å². The molecule has 0 aromatic rings. The largest absolute Gasteiger partial charge is 0.440 e. The van der Waals surface area contributed by atoms with Crippen molar-refractivity contribution in [2.75, 3.05) is 14.1 Å². The van der Waals surface area contributed by atoms with Crippen LogP contribution in [-0.4, -0.2) is 34.5 Å². The smallest absolute Gasteiger partial charge is 0.375 e. The van der Waals surface area contributed by atoms with Crippen molar-refractivity contribution in [3.8, 4) is 0 Å². The Hall–Kier alpha value is 0.0569. The molecule has 0 aliphatic carbocycles. The Labute approximate surface area is 89.2 Å². The van der Waals surface area contributed by atoms with E-state index < -0.39 is 8.80 Å². The molecule has 0 spiro atoms. The van der Waals surface area contributed by atoms with Crippen LogP contribution in [0, 0.1) is 0 Å². The van der Waals surface area contributed by atoms with E-state index in [1.54, 1.807) is 0 Å². The molecule has 0 rings (SSSR count). The second-order valence-electron chi connectivity index (χ2n) is 4.69. The van der Waals surface area contributed by atoms with E-state index in [0.717, 1.165) is 0 Å². The second kappa shape index (κ2) is 5.23. The highest BCUT2D eigenvalue weighted by atomic mass is 28.4. The average molecular weight is 219 g/mol. The third-order valence-corrected chi connectivity index (χ3v) is 4.97. The van der Waals surface area contributed by atoms with Gasteiger partial charge in [0.2, 0.25) is 0 Å². The Kier molecular flexibility index (Phi) is 5.25. The minimum atomic E-state index is -2.19. The molecule has 0 unspecified atom stereocenters. The molecule has 0 fully saturated rings. The molecule has 0 aliphatic rings. The molecule has 0 saturated heterocycles. The molecular formula is C9H25N3OSi. The fraction of sp³-hybridized carbons (Fsp3) is 1.00. The molecule has 5 heteroatoms. The molecule has 0 aromatic carbocycles. The summed E-state index contributed by atoms with van der Waals surface area (Å²) in [7, 11) is 1.65. The Morgan fingerprint density at radius 3 is 1.71 bits per heavy atom. The Morgan fingerprint density at radius 2 is 1.50 bits per heavy atom. The van der Waals surface area contributed by atoms with Crippen molar-refractivity contribution in [1.82, 2.24) is 14.9 Å². The van der Waals surface area contributed by atoms with Crippen molar-refractivity contribution >= 4 is 8.80 Å². The van der Waals surface area contributed by atoms with E-state index >= 15 is 0 Å². The van der Waals surface area contributed by atoms with Gasteiger partial charge in [-0.2, -0.15) is 0 Å². The summed E-state index contributed by atoms with van der Waals surface area (Å²) in [6, 6.07) is 0.393. The summed E-state index contributed by atoms with van der Waals surface area (Å²) in [4.78, 5) is 9.94. The monoisotopic (exact) mass is 219 g/mol. The predicted molar refractivity (Wildman–Crippen MR) is 63.0 cm³/mol. The summed E-state index contributed by atoms with van der Waals surface area (Å²) < 4.78 is 6.04. The lowest BCUT2D eigenvalue weighted by molar-refractivity contribution is 0.101. The third kappa shape index (κ3) is 5.07. The topological polar surface area (TPSA) is 45.3 Å². The van der Waals surface area contributed by atoms with E-state index in [-0.39, 0.29) is 5.60 Å². The SMILES string of the molecule is CN[Si](NC)(NC(C)C)OC(C)(C)C. The van der Waals surface area contributed by atoms with E-state index in [4.69, 9.17) is 4.43 Å². The third-order valence-electron chi connectivity index (χ3n) is 1.66. The Balaban J connectivity index is 4.53. The number of nitrogens with one attached hydrogen (secondary N) is 3. The first-order valence-corrected chi connectivity index (χ1v) is 7.01. The van der Waals surface area contributed by atoms with Gasteiger partial charge in [0.1, 0.15) is 0 Å². The molecule has 0 radical (unpaired) electrons. The maximum atomic E-state index is 6.04. The molecule has 0 amide bonds. The van der Waals surface area contributed by atoms with Crippen LogP contribution in [0.4, 0.5) is 0 Å². The summed E-state index contributed by atoms with van der Waals surface area (Å²) in [5, 5.41) is 0. The quantitative estimate of drug-likeness (QED) is 0.595. The minimum absolute atomic E-state index is 0.153. The van der Waals surface area contributed by atoms with Crippen LogP contribution in [0.25, 0.3) is 0 Å². The number of rotatable bonds is 5. The van der Waals surface area contributed by atoms with E-state index in [0.29, 0.717) is 6.04 Å². The first-order valence-electron chi connectivity index (χ1n) is 5.10. The van der Waals surface area contributed by atoms with Gasteiger partial charge >= 0.3 is 8.80 Å². The van der Waals surface area contributed by atoms with Gasteiger partial charge in [-0.3, -0.25) is 14.9 Å². The summed E-state index contributed by atoms with van der Waals surface area (Å²) in [6.07, 6.45) is 0. The highest BCUT2D eigenvalue weighted by Gasteiger charge is 2.38.